The van der Waals surface area contributed by atoms with Crippen molar-refractivity contribution >= 4 is 11.6 Å². The molecule has 0 aliphatic heterocycles. The second-order valence-electron chi connectivity index (χ2n) is 5.66. The quantitative estimate of drug-likeness (QED) is 0.866. The van der Waals surface area contributed by atoms with E-state index in [1.54, 1.807) is 6.20 Å². The van der Waals surface area contributed by atoms with Crippen molar-refractivity contribution in [2.45, 2.75) is 27.7 Å². The monoisotopic (exact) mass is 257 g/mol. The number of aromatic amines is 1. The van der Waals surface area contributed by atoms with Crippen LogP contribution in [0.15, 0.2) is 30.5 Å². The Morgan fingerprint density at radius 1 is 1.21 bits per heavy atom. The lowest BCUT2D eigenvalue weighted by Gasteiger charge is -2.17. The lowest BCUT2D eigenvalue weighted by Crippen LogP contribution is -2.27. The largest absolute Gasteiger partial charge is 0.342 e. The SMILES string of the molecule is Cc1ncc(-c2ccc(NC(=O)C(C)(C)C)cc2)[nH]1. The molecule has 19 heavy (non-hydrogen) atoms. The molecular formula is C15H19N3O. The van der Waals surface area contributed by atoms with Crippen molar-refractivity contribution < 1.29 is 4.79 Å². The Balaban J connectivity index is 2.13. The molecule has 2 N–H and O–H groups in total. The van der Waals surface area contributed by atoms with Crippen molar-refractivity contribution in [3.8, 4) is 11.3 Å². The number of H-pyrrole nitrogens is 1. The summed E-state index contributed by atoms with van der Waals surface area (Å²) in [6.07, 6.45) is 1.80. The van der Waals surface area contributed by atoms with Crippen LogP contribution in [0.4, 0.5) is 5.69 Å². The first kappa shape index (κ1) is 13.3. The van der Waals surface area contributed by atoms with Crippen molar-refractivity contribution in [2.75, 3.05) is 5.32 Å². The number of carbonyl (C=O) groups is 1. The van der Waals surface area contributed by atoms with Crippen LogP contribution in [0.3, 0.4) is 0 Å². The predicted octanol–water partition coefficient (Wildman–Crippen LogP) is 3.37. The molecule has 0 bridgehead atoms. The summed E-state index contributed by atoms with van der Waals surface area (Å²) in [5, 5.41) is 2.90. The molecule has 1 heterocycles. The number of nitrogens with zero attached hydrogens (tertiary/aromatic N) is 1. The summed E-state index contributed by atoms with van der Waals surface area (Å²) < 4.78 is 0. The minimum Gasteiger partial charge on any atom is -0.342 e. The van der Waals surface area contributed by atoms with E-state index in [0.717, 1.165) is 22.8 Å². The highest BCUT2D eigenvalue weighted by Crippen LogP contribution is 2.21. The topological polar surface area (TPSA) is 57.8 Å². The highest BCUT2D eigenvalue weighted by Gasteiger charge is 2.20. The molecule has 1 aromatic carbocycles. The average Bonchev–Trinajstić information content (AvgIpc) is 2.75. The molecule has 0 fully saturated rings. The van der Waals surface area contributed by atoms with Gasteiger partial charge in [-0.15, -0.1) is 0 Å². The predicted molar refractivity (Wildman–Crippen MR) is 76.8 cm³/mol. The molecule has 4 heteroatoms. The third-order valence-electron chi connectivity index (χ3n) is 2.84. The van der Waals surface area contributed by atoms with E-state index in [9.17, 15) is 4.79 Å². The van der Waals surface area contributed by atoms with Crippen molar-refractivity contribution in [3.63, 3.8) is 0 Å². The fraction of sp³-hybridized carbons (Fsp3) is 0.333. The van der Waals surface area contributed by atoms with Crippen molar-refractivity contribution in [1.29, 1.82) is 0 Å². The Hall–Kier alpha value is -2.10. The lowest BCUT2D eigenvalue weighted by molar-refractivity contribution is -0.123. The molecule has 4 nitrogen and oxygen atoms in total. The van der Waals surface area contributed by atoms with Crippen LogP contribution in [0.2, 0.25) is 0 Å². The van der Waals surface area contributed by atoms with E-state index in [2.05, 4.69) is 15.3 Å². The van der Waals surface area contributed by atoms with Gasteiger partial charge in [0.05, 0.1) is 11.9 Å². The summed E-state index contributed by atoms with van der Waals surface area (Å²) in [6, 6.07) is 7.72. The number of carbonyl (C=O) groups excluding carboxylic acids is 1. The van der Waals surface area contributed by atoms with Gasteiger partial charge in [0.1, 0.15) is 5.82 Å². The van der Waals surface area contributed by atoms with Gasteiger partial charge in [0, 0.05) is 11.1 Å². The number of rotatable bonds is 2. The summed E-state index contributed by atoms with van der Waals surface area (Å²) in [7, 11) is 0. The van der Waals surface area contributed by atoms with Crippen LogP contribution in [0.25, 0.3) is 11.3 Å². The van der Waals surface area contributed by atoms with E-state index in [4.69, 9.17) is 0 Å². The zero-order valence-corrected chi connectivity index (χ0v) is 11.7. The Morgan fingerprint density at radius 2 is 1.84 bits per heavy atom. The van der Waals surface area contributed by atoms with Gasteiger partial charge in [0.15, 0.2) is 0 Å². The summed E-state index contributed by atoms with van der Waals surface area (Å²) in [5.74, 6) is 0.901. The second kappa shape index (κ2) is 4.88. The highest BCUT2D eigenvalue weighted by molar-refractivity contribution is 5.94. The average molecular weight is 257 g/mol. The second-order valence-corrected chi connectivity index (χ2v) is 5.66. The van der Waals surface area contributed by atoms with E-state index in [1.165, 1.54) is 0 Å². The molecule has 0 saturated heterocycles. The minimum atomic E-state index is -0.390. The van der Waals surface area contributed by atoms with Gasteiger partial charge in [-0.05, 0) is 24.6 Å². The third-order valence-corrected chi connectivity index (χ3v) is 2.84. The van der Waals surface area contributed by atoms with E-state index in [0.29, 0.717) is 0 Å². The summed E-state index contributed by atoms with van der Waals surface area (Å²) in [5.41, 5.74) is 2.44. The molecule has 0 unspecified atom stereocenters. The van der Waals surface area contributed by atoms with Crippen molar-refractivity contribution in [2.24, 2.45) is 5.41 Å². The maximum atomic E-state index is 11.9. The standard InChI is InChI=1S/C15H19N3O/c1-10-16-9-13(17-10)11-5-7-12(8-6-11)18-14(19)15(2,3)4/h5-9H,1-4H3,(H,16,17)(H,18,19). The lowest BCUT2D eigenvalue weighted by atomic mass is 9.95. The van der Waals surface area contributed by atoms with Gasteiger partial charge >= 0.3 is 0 Å². The van der Waals surface area contributed by atoms with Gasteiger partial charge in [-0.25, -0.2) is 4.98 Å². The summed E-state index contributed by atoms with van der Waals surface area (Å²) in [6.45, 7) is 7.60. The zero-order chi connectivity index (χ0) is 14.0. The van der Waals surface area contributed by atoms with Crippen LogP contribution >= 0.6 is 0 Å². The van der Waals surface area contributed by atoms with Gasteiger partial charge in [-0.2, -0.15) is 0 Å². The van der Waals surface area contributed by atoms with Gasteiger partial charge < -0.3 is 10.3 Å². The molecule has 2 rings (SSSR count). The third kappa shape index (κ3) is 3.22. The van der Waals surface area contributed by atoms with Crippen LogP contribution in [0.5, 0.6) is 0 Å². The molecule has 100 valence electrons. The Morgan fingerprint density at radius 3 is 2.32 bits per heavy atom. The zero-order valence-electron chi connectivity index (χ0n) is 11.7. The number of anilines is 1. The number of aryl methyl sites for hydroxylation is 1. The molecule has 1 amide bonds. The van der Waals surface area contributed by atoms with Crippen LogP contribution in [0, 0.1) is 12.3 Å². The molecule has 0 aliphatic rings. The van der Waals surface area contributed by atoms with E-state index in [1.807, 2.05) is 52.0 Å². The van der Waals surface area contributed by atoms with E-state index >= 15 is 0 Å². The van der Waals surface area contributed by atoms with Gasteiger partial charge in [0.2, 0.25) is 5.91 Å². The van der Waals surface area contributed by atoms with Crippen molar-refractivity contribution in [1.82, 2.24) is 9.97 Å². The summed E-state index contributed by atoms with van der Waals surface area (Å²) in [4.78, 5) is 19.2. The Bertz CT molecular complexity index is 576. The summed E-state index contributed by atoms with van der Waals surface area (Å²) >= 11 is 0. The van der Waals surface area contributed by atoms with Gasteiger partial charge in [-0.1, -0.05) is 32.9 Å². The van der Waals surface area contributed by atoms with Gasteiger partial charge in [0.25, 0.3) is 0 Å². The number of aromatic nitrogens is 2. The first-order valence-corrected chi connectivity index (χ1v) is 6.30. The maximum Gasteiger partial charge on any atom is 0.229 e. The molecule has 2 aromatic rings. The number of hydrogen-bond donors (Lipinski definition) is 2. The maximum absolute atomic E-state index is 11.9. The first-order valence-electron chi connectivity index (χ1n) is 6.30. The molecule has 0 saturated carbocycles. The number of hydrogen-bond acceptors (Lipinski definition) is 2. The first-order chi connectivity index (χ1) is 8.86. The molecule has 0 atom stereocenters. The normalized spacial score (nSPS) is 11.4. The highest BCUT2D eigenvalue weighted by atomic mass is 16.2. The van der Waals surface area contributed by atoms with Crippen LogP contribution < -0.4 is 5.32 Å². The molecular weight excluding hydrogens is 238 g/mol. The molecule has 0 spiro atoms. The van der Waals surface area contributed by atoms with Crippen molar-refractivity contribution in [3.05, 3.63) is 36.3 Å². The Labute approximate surface area is 113 Å². The number of benzene rings is 1. The van der Waals surface area contributed by atoms with Crippen LogP contribution in [0.1, 0.15) is 26.6 Å². The fourth-order valence-corrected chi connectivity index (χ4v) is 1.62. The fourth-order valence-electron chi connectivity index (χ4n) is 1.62. The van der Waals surface area contributed by atoms with E-state index < -0.39 is 0 Å². The number of imidazole rings is 1. The van der Waals surface area contributed by atoms with Gasteiger partial charge in [-0.3, -0.25) is 4.79 Å². The minimum absolute atomic E-state index is 0.0117. The number of nitrogens with one attached hydrogen (secondary N) is 2. The van der Waals surface area contributed by atoms with Crippen LogP contribution in [-0.4, -0.2) is 15.9 Å². The van der Waals surface area contributed by atoms with E-state index in [-0.39, 0.29) is 11.3 Å². The van der Waals surface area contributed by atoms with Crippen LogP contribution in [-0.2, 0) is 4.79 Å². The number of amides is 1. The molecule has 0 aliphatic carbocycles. The smallest absolute Gasteiger partial charge is 0.229 e. The molecule has 0 radical (unpaired) electrons. The molecule has 1 aromatic heterocycles. The Kier molecular flexibility index (Phi) is 3.42.